The van der Waals surface area contributed by atoms with Gasteiger partial charge in [0.25, 0.3) is 0 Å². The van der Waals surface area contributed by atoms with Gasteiger partial charge in [-0.3, -0.25) is 4.79 Å². The molecule has 0 radical (unpaired) electrons. The summed E-state index contributed by atoms with van der Waals surface area (Å²) in [6, 6.07) is 0. The summed E-state index contributed by atoms with van der Waals surface area (Å²) in [7, 11) is 0. The van der Waals surface area contributed by atoms with Gasteiger partial charge in [0.1, 0.15) is 5.60 Å². The highest BCUT2D eigenvalue weighted by Crippen LogP contribution is 2.36. The fraction of sp³-hybridized carbons (Fsp3) is 0.938. The zero-order chi connectivity index (χ0) is 13.8. The lowest BCUT2D eigenvalue weighted by atomic mass is 9.72. The van der Waals surface area contributed by atoms with Crippen molar-refractivity contribution in [2.24, 2.45) is 17.8 Å². The second-order valence-electron chi connectivity index (χ2n) is 7.03. The molecule has 0 heterocycles. The third-order valence-corrected chi connectivity index (χ3v) is 4.13. The van der Waals surface area contributed by atoms with Crippen LogP contribution in [0.15, 0.2) is 0 Å². The Morgan fingerprint density at radius 2 is 1.89 bits per heavy atom. The van der Waals surface area contributed by atoms with Crippen LogP contribution in [0.2, 0.25) is 0 Å². The van der Waals surface area contributed by atoms with Gasteiger partial charge < -0.3 is 4.74 Å². The summed E-state index contributed by atoms with van der Waals surface area (Å²) in [4.78, 5) is 11.7. The van der Waals surface area contributed by atoms with Crippen molar-refractivity contribution in [2.45, 2.75) is 78.7 Å². The van der Waals surface area contributed by atoms with E-state index >= 15 is 0 Å². The molecule has 0 saturated heterocycles. The molecule has 0 spiro atoms. The third kappa shape index (κ3) is 5.41. The summed E-state index contributed by atoms with van der Waals surface area (Å²) in [5.41, 5.74) is -0.349. The van der Waals surface area contributed by atoms with Gasteiger partial charge in [-0.05, 0) is 51.4 Å². The molecular weight excluding hydrogens is 224 g/mol. The quantitative estimate of drug-likeness (QED) is 0.687. The molecule has 0 bridgehead atoms. The Labute approximate surface area is 112 Å². The van der Waals surface area contributed by atoms with Crippen molar-refractivity contribution in [1.82, 2.24) is 0 Å². The smallest absolute Gasteiger partial charge is 0.306 e. The predicted molar refractivity (Wildman–Crippen MR) is 75.4 cm³/mol. The van der Waals surface area contributed by atoms with Gasteiger partial charge in [0.15, 0.2) is 0 Å². The van der Waals surface area contributed by atoms with E-state index in [2.05, 4.69) is 13.8 Å². The van der Waals surface area contributed by atoms with Gasteiger partial charge in [0, 0.05) is 6.42 Å². The number of carbonyl (C=O) groups is 1. The van der Waals surface area contributed by atoms with Crippen LogP contribution in [-0.2, 0) is 9.53 Å². The summed E-state index contributed by atoms with van der Waals surface area (Å²) < 4.78 is 5.36. The molecule has 0 aromatic carbocycles. The normalized spacial score (nSPS) is 26.7. The maximum absolute atomic E-state index is 11.7. The van der Waals surface area contributed by atoms with Crippen molar-refractivity contribution in [3.05, 3.63) is 0 Å². The highest BCUT2D eigenvalue weighted by atomic mass is 16.6. The fourth-order valence-electron chi connectivity index (χ4n) is 3.14. The van der Waals surface area contributed by atoms with Crippen LogP contribution in [0.3, 0.4) is 0 Å². The lowest BCUT2D eigenvalue weighted by Crippen LogP contribution is -2.26. The topological polar surface area (TPSA) is 26.3 Å². The zero-order valence-corrected chi connectivity index (χ0v) is 12.8. The van der Waals surface area contributed by atoms with Gasteiger partial charge in [0.05, 0.1) is 0 Å². The lowest BCUT2D eigenvalue weighted by molar-refractivity contribution is -0.155. The second-order valence-corrected chi connectivity index (χ2v) is 7.03. The Balaban J connectivity index is 2.31. The number of esters is 1. The Bertz CT molecular complexity index is 265. The van der Waals surface area contributed by atoms with Gasteiger partial charge >= 0.3 is 5.97 Å². The summed E-state index contributed by atoms with van der Waals surface area (Å²) >= 11 is 0. The van der Waals surface area contributed by atoms with E-state index in [0.29, 0.717) is 12.3 Å². The van der Waals surface area contributed by atoms with E-state index < -0.39 is 0 Å². The Kier molecular flexibility index (Phi) is 5.68. The van der Waals surface area contributed by atoms with Crippen molar-refractivity contribution in [3.8, 4) is 0 Å². The van der Waals surface area contributed by atoms with E-state index in [0.717, 1.165) is 18.3 Å². The average molecular weight is 254 g/mol. The van der Waals surface area contributed by atoms with Crippen LogP contribution in [0.25, 0.3) is 0 Å². The molecular formula is C16H30O2. The number of carbonyl (C=O) groups excluding carboxylic acids is 1. The Morgan fingerprint density at radius 1 is 1.28 bits per heavy atom. The summed E-state index contributed by atoms with van der Waals surface area (Å²) in [6.07, 6.45) is 7.01. The first-order valence-corrected chi connectivity index (χ1v) is 7.51. The summed E-state index contributed by atoms with van der Waals surface area (Å²) in [6.45, 7) is 10.5. The first-order chi connectivity index (χ1) is 8.29. The van der Waals surface area contributed by atoms with Gasteiger partial charge in [-0.2, -0.15) is 0 Å². The van der Waals surface area contributed by atoms with Crippen molar-refractivity contribution in [3.63, 3.8) is 0 Å². The molecule has 0 aromatic rings. The van der Waals surface area contributed by atoms with Gasteiger partial charge in [-0.25, -0.2) is 0 Å². The monoisotopic (exact) mass is 254 g/mol. The molecule has 1 rings (SSSR count). The molecule has 2 heteroatoms. The van der Waals surface area contributed by atoms with Gasteiger partial charge in [0.2, 0.25) is 0 Å². The molecule has 18 heavy (non-hydrogen) atoms. The molecule has 1 unspecified atom stereocenters. The lowest BCUT2D eigenvalue weighted by Gasteiger charge is -2.33. The van der Waals surface area contributed by atoms with Gasteiger partial charge in [-0.15, -0.1) is 0 Å². The first kappa shape index (κ1) is 15.5. The molecule has 1 fully saturated rings. The molecule has 0 aliphatic heterocycles. The highest BCUT2D eigenvalue weighted by Gasteiger charge is 2.27. The van der Waals surface area contributed by atoms with Crippen LogP contribution in [0.5, 0.6) is 0 Å². The molecule has 0 N–H and O–H groups in total. The van der Waals surface area contributed by atoms with Crippen LogP contribution in [0, 0.1) is 17.8 Å². The number of hydrogen-bond acceptors (Lipinski definition) is 2. The van der Waals surface area contributed by atoms with E-state index in [9.17, 15) is 4.79 Å². The second kappa shape index (κ2) is 6.58. The number of rotatable bonds is 4. The molecule has 0 amide bonds. The minimum atomic E-state index is -0.349. The molecule has 3 atom stereocenters. The largest absolute Gasteiger partial charge is 0.460 e. The van der Waals surface area contributed by atoms with Crippen LogP contribution < -0.4 is 0 Å². The average Bonchev–Trinajstić information content (AvgIpc) is 2.24. The molecule has 0 aromatic heterocycles. The van der Waals surface area contributed by atoms with Crippen LogP contribution >= 0.6 is 0 Å². The Morgan fingerprint density at radius 3 is 2.44 bits per heavy atom. The summed E-state index contributed by atoms with van der Waals surface area (Å²) in [5, 5.41) is 0. The molecule has 1 aliphatic rings. The SMILES string of the molecule is CC(CCC(=O)OC(C)(C)C)[C@H]1CCCC[C@@H]1C. The maximum atomic E-state index is 11.7. The van der Waals surface area contributed by atoms with E-state index in [1.54, 1.807) is 0 Å². The number of ether oxygens (including phenoxy) is 1. The molecule has 1 aliphatic carbocycles. The molecule has 1 saturated carbocycles. The maximum Gasteiger partial charge on any atom is 0.306 e. The highest BCUT2D eigenvalue weighted by molar-refractivity contribution is 5.69. The standard InChI is InChI=1S/C16H30O2/c1-12-8-6-7-9-14(12)13(2)10-11-15(17)18-16(3,4)5/h12-14H,6-11H2,1-5H3/t12-,13?,14-/m0/s1. The minimum absolute atomic E-state index is 0.0437. The van der Waals surface area contributed by atoms with Crippen LogP contribution in [0.1, 0.15) is 73.1 Å². The van der Waals surface area contributed by atoms with E-state index in [-0.39, 0.29) is 11.6 Å². The molecule has 106 valence electrons. The summed E-state index contributed by atoms with van der Waals surface area (Å²) in [5.74, 6) is 2.24. The van der Waals surface area contributed by atoms with Crippen LogP contribution in [0.4, 0.5) is 0 Å². The predicted octanol–water partition coefficient (Wildman–Crippen LogP) is 4.57. The molecule has 2 nitrogen and oxygen atoms in total. The van der Waals surface area contributed by atoms with Crippen molar-refractivity contribution in [2.75, 3.05) is 0 Å². The minimum Gasteiger partial charge on any atom is -0.460 e. The Hall–Kier alpha value is -0.530. The first-order valence-electron chi connectivity index (χ1n) is 7.51. The van der Waals surface area contributed by atoms with Gasteiger partial charge in [-0.1, -0.05) is 33.1 Å². The van der Waals surface area contributed by atoms with E-state index in [1.165, 1.54) is 25.7 Å². The van der Waals surface area contributed by atoms with Crippen molar-refractivity contribution >= 4 is 5.97 Å². The van der Waals surface area contributed by atoms with Crippen molar-refractivity contribution < 1.29 is 9.53 Å². The fourth-order valence-corrected chi connectivity index (χ4v) is 3.14. The van der Waals surface area contributed by atoms with E-state index in [4.69, 9.17) is 4.74 Å². The van der Waals surface area contributed by atoms with Crippen LogP contribution in [-0.4, -0.2) is 11.6 Å². The number of hydrogen-bond donors (Lipinski definition) is 0. The van der Waals surface area contributed by atoms with E-state index in [1.807, 2.05) is 20.8 Å². The zero-order valence-electron chi connectivity index (χ0n) is 12.8. The third-order valence-electron chi connectivity index (χ3n) is 4.13. The van der Waals surface area contributed by atoms with Crippen molar-refractivity contribution in [1.29, 1.82) is 0 Å².